The van der Waals surface area contributed by atoms with Gasteiger partial charge in [0, 0.05) is 22.0 Å². The van der Waals surface area contributed by atoms with Crippen molar-refractivity contribution in [3.63, 3.8) is 0 Å². The quantitative estimate of drug-likeness (QED) is 0.840. The number of nitrogens with one attached hydrogen (secondary N) is 1. The Labute approximate surface area is 123 Å². The molecule has 0 bridgehead atoms. The zero-order valence-electron chi connectivity index (χ0n) is 12.0. The first-order valence-electron chi connectivity index (χ1n) is 6.67. The number of thiophene rings is 1. The molecule has 0 amide bonds. The molecule has 106 valence electrons. The summed E-state index contributed by atoms with van der Waals surface area (Å²) in [7, 11) is 0. The molecule has 0 unspecified atom stereocenters. The average molecular weight is 289 g/mol. The van der Waals surface area contributed by atoms with E-state index in [0.29, 0.717) is 12.2 Å². The topological polar surface area (TPSA) is 38.3 Å². The van der Waals surface area contributed by atoms with Crippen LogP contribution in [0.25, 0.3) is 0 Å². The minimum Gasteiger partial charge on any atom is -0.462 e. The van der Waals surface area contributed by atoms with Gasteiger partial charge in [0.15, 0.2) is 0 Å². The van der Waals surface area contributed by atoms with Gasteiger partial charge in [-0.2, -0.15) is 0 Å². The van der Waals surface area contributed by atoms with Crippen molar-refractivity contribution in [2.45, 2.75) is 27.3 Å². The molecule has 2 aromatic rings. The van der Waals surface area contributed by atoms with Crippen molar-refractivity contribution < 1.29 is 9.53 Å². The number of ether oxygens (including phenoxy) is 1. The van der Waals surface area contributed by atoms with Crippen LogP contribution in [-0.4, -0.2) is 12.6 Å². The Kier molecular flexibility index (Phi) is 4.79. The Hall–Kier alpha value is -1.81. The minimum absolute atomic E-state index is 0.279. The summed E-state index contributed by atoms with van der Waals surface area (Å²) in [6, 6.07) is 9.61. The average Bonchev–Trinajstić information content (AvgIpc) is 2.75. The predicted octanol–water partition coefficient (Wildman–Crippen LogP) is 4.15. The van der Waals surface area contributed by atoms with Gasteiger partial charge in [-0.25, -0.2) is 4.79 Å². The lowest BCUT2D eigenvalue weighted by molar-refractivity contribution is 0.0526. The maximum absolute atomic E-state index is 11.7. The molecule has 0 aliphatic heterocycles. The van der Waals surface area contributed by atoms with Gasteiger partial charge in [0.1, 0.15) is 0 Å². The van der Waals surface area contributed by atoms with E-state index in [4.69, 9.17) is 4.74 Å². The number of anilines is 1. The van der Waals surface area contributed by atoms with Gasteiger partial charge in [0.25, 0.3) is 0 Å². The lowest BCUT2D eigenvalue weighted by Crippen LogP contribution is -2.06. The highest BCUT2D eigenvalue weighted by molar-refractivity contribution is 7.12. The zero-order chi connectivity index (χ0) is 14.5. The molecule has 2 rings (SSSR count). The Morgan fingerprint density at radius 2 is 2.10 bits per heavy atom. The fourth-order valence-corrected chi connectivity index (χ4v) is 2.97. The van der Waals surface area contributed by atoms with Gasteiger partial charge in [-0.1, -0.05) is 6.07 Å². The van der Waals surface area contributed by atoms with Crippen molar-refractivity contribution in [1.29, 1.82) is 0 Å². The summed E-state index contributed by atoms with van der Waals surface area (Å²) in [6.07, 6.45) is 0. The molecule has 1 aromatic carbocycles. The molecule has 0 radical (unpaired) electrons. The largest absolute Gasteiger partial charge is 0.462 e. The summed E-state index contributed by atoms with van der Waals surface area (Å²) in [5, 5.41) is 3.35. The third kappa shape index (κ3) is 3.61. The van der Waals surface area contributed by atoms with Crippen molar-refractivity contribution in [3.05, 3.63) is 51.2 Å². The van der Waals surface area contributed by atoms with E-state index in [9.17, 15) is 4.79 Å². The van der Waals surface area contributed by atoms with Crippen LogP contribution in [0.4, 0.5) is 5.69 Å². The second-order valence-electron chi connectivity index (χ2n) is 4.59. The van der Waals surface area contributed by atoms with Crippen molar-refractivity contribution in [2.24, 2.45) is 0 Å². The van der Waals surface area contributed by atoms with Crippen LogP contribution < -0.4 is 5.32 Å². The Morgan fingerprint density at radius 3 is 2.75 bits per heavy atom. The maximum Gasteiger partial charge on any atom is 0.338 e. The van der Waals surface area contributed by atoms with Crippen LogP contribution in [0.3, 0.4) is 0 Å². The summed E-state index contributed by atoms with van der Waals surface area (Å²) in [4.78, 5) is 14.3. The molecule has 3 nitrogen and oxygen atoms in total. The third-order valence-corrected chi connectivity index (χ3v) is 4.01. The number of rotatable bonds is 5. The SMILES string of the molecule is CCOC(=O)c1cccc(NCc2cc(C)sc2C)c1. The number of carbonyl (C=O) groups is 1. The van der Waals surface area contributed by atoms with E-state index in [1.54, 1.807) is 17.4 Å². The van der Waals surface area contributed by atoms with Gasteiger partial charge in [-0.3, -0.25) is 0 Å². The van der Waals surface area contributed by atoms with E-state index in [1.165, 1.54) is 15.3 Å². The highest BCUT2D eigenvalue weighted by Gasteiger charge is 2.07. The molecule has 1 aromatic heterocycles. The third-order valence-electron chi connectivity index (χ3n) is 3.00. The van der Waals surface area contributed by atoms with Gasteiger partial charge >= 0.3 is 5.97 Å². The van der Waals surface area contributed by atoms with E-state index in [2.05, 4.69) is 25.2 Å². The van der Waals surface area contributed by atoms with E-state index in [-0.39, 0.29) is 5.97 Å². The Balaban J connectivity index is 2.05. The van der Waals surface area contributed by atoms with Crippen molar-refractivity contribution in [2.75, 3.05) is 11.9 Å². The lowest BCUT2D eigenvalue weighted by atomic mass is 10.2. The van der Waals surface area contributed by atoms with Crippen LogP contribution in [0, 0.1) is 13.8 Å². The molecule has 0 atom stereocenters. The molecule has 4 heteroatoms. The van der Waals surface area contributed by atoms with Crippen LogP contribution in [0.1, 0.15) is 32.6 Å². The van der Waals surface area contributed by atoms with E-state index < -0.39 is 0 Å². The van der Waals surface area contributed by atoms with E-state index >= 15 is 0 Å². The maximum atomic E-state index is 11.7. The number of carbonyl (C=O) groups excluding carboxylic acids is 1. The van der Waals surface area contributed by atoms with Crippen molar-refractivity contribution in [3.8, 4) is 0 Å². The summed E-state index contributed by atoms with van der Waals surface area (Å²) in [5.74, 6) is -0.279. The Morgan fingerprint density at radius 1 is 1.30 bits per heavy atom. The molecule has 1 heterocycles. The van der Waals surface area contributed by atoms with Crippen LogP contribution in [0.5, 0.6) is 0 Å². The molecule has 0 aliphatic carbocycles. The van der Waals surface area contributed by atoms with Gasteiger partial charge in [0.2, 0.25) is 0 Å². The molecular weight excluding hydrogens is 270 g/mol. The molecular formula is C16H19NO2S. The number of benzene rings is 1. The second-order valence-corrected chi connectivity index (χ2v) is 6.05. The van der Waals surface area contributed by atoms with Crippen LogP contribution >= 0.6 is 11.3 Å². The van der Waals surface area contributed by atoms with Crippen molar-refractivity contribution in [1.82, 2.24) is 0 Å². The Bertz CT molecular complexity index is 604. The number of esters is 1. The van der Waals surface area contributed by atoms with Crippen molar-refractivity contribution >= 4 is 23.0 Å². The number of hydrogen-bond donors (Lipinski definition) is 1. The highest BCUT2D eigenvalue weighted by Crippen LogP contribution is 2.22. The standard InChI is InChI=1S/C16H19NO2S/c1-4-19-16(18)13-6-5-7-15(9-13)17-10-14-8-11(2)20-12(14)3/h5-9,17H,4,10H2,1-3H3. The number of hydrogen-bond acceptors (Lipinski definition) is 4. The van der Waals surface area contributed by atoms with Gasteiger partial charge in [-0.15, -0.1) is 11.3 Å². The summed E-state index contributed by atoms with van der Waals surface area (Å²) < 4.78 is 5.00. The first-order valence-corrected chi connectivity index (χ1v) is 7.48. The smallest absolute Gasteiger partial charge is 0.338 e. The second kappa shape index (κ2) is 6.57. The van der Waals surface area contributed by atoms with Gasteiger partial charge in [0.05, 0.1) is 12.2 Å². The molecule has 0 aliphatic rings. The van der Waals surface area contributed by atoms with Gasteiger partial charge in [-0.05, 0) is 50.6 Å². The minimum atomic E-state index is -0.279. The molecule has 0 saturated carbocycles. The summed E-state index contributed by atoms with van der Waals surface area (Å²) in [6.45, 7) is 7.21. The molecule has 0 saturated heterocycles. The summed E-state index contributed by atoms with van der Waals surface area (Å²) >= 11 is 1.80. The molecule has 0 spiro atoms. The first kappa shape index (κ1) is 14.6. The highest BCUT2D eigenvalue weighted by atomic mass is 32.1. The first-order chi connectivity index (χ1) is 9.60. The normalized spacial score (nSPS) is 10.3. The van der Waals surface area contributed by atoms with E-state index in [1.807, 2.05) is 25.1 Å². The molecule has 1 N–H and O–H groups in total. The summed E-state index contributed by atoms with van der Waals surface area (Å²) in [5.41, 5.74) is 2.81. The lowest BCUT2D eigenvalue weighted by Gasteiger charge is -2.08. The van der Waals surface area contributed by atoms with Crippen LogP contribution in [-0.2, 0) is 11.3 Å². The monoisotopic (exact) mass is 289 g/mol. The molecule has 0 fully saturated rings. The van der Waals surface area contributed by atoms with Crippen LogP contribution in [0.15, 0.2) is 30.3 Å². The predicted molar refractivity (Wildman–Crippen MR) is 83.5 cm³/mol. The van der Waals surface area contributed by atoms with E-state index in [0.717, 1.165) is 12.2 Å². The zero-order valence-corrected chi connectivity index (χ0v) is 12.8. The fraction of sp³-hybridized carbons (Fsp3) is 0.312. The molecule has 20 heavy (non-hydrogen) atoms. The number of aryl methyl sites for hydroxylation is 2. The van der Waals surface area contributed by atoms with Crippen LogP contribution in [0.2, 0.25) is 0 Å². The van der Waals surface area contributed by atoms with Gasteiger partial charge < -0.3 is 10.1 Å². The fourth-order valence-electron chi connectivity index (χ4n) is 2.03.